The molecule has 0 aliphatic carbocycles. The molecule has 1 amide bonds. The molecule has 33 heavy (non-hydrogen) atoms. The van der Waals surface area contributed by atoms with Gasteiger partial charge in [0.2, 0.25) is 6.79 Å². The van der Waals surface area contributed by atoms with Crippen LogP contribution in [0.5, 0.6) is 17.2 Å². The Morgan fingerprint density at radius 1 is 1.03 bits per heavy atom. The Kier molecular flexibility index (Phi) is 5.68. The molecule has 0 saturated carbocycles. The van der Waals surface area contributed by atoms with Gasteiger partial charge in [-0.1, -0.05) is 41.9 Å². The van der Waals surface area contributed by atoms with Gasteiger partial charge < -0.3 is 14.2 Å². The van der Waals surface area contributed by atoms with Crippen molar-refractivity contribution in [3.05, 3.63) is 87.8 Å². The van der Waals surface area contributed by atoms with Gasteiger partial charge in [0, 0.05) is 21.2 Å². The fourth-order valence-electron chi connectivity index (χ4n) is 3.23. The number of hydrogen-bond acceptors (Lipinski definition) is 7. The van der Waals surface area contributed by atoms with Crippen molar-refractivity contribution in [1.29, 1.82) is 0 Å². The molecule has 3 aromatic carbocycles. The van der Waals surface area contributed by atoms with Crippen LogP contribution >= 0.6 is 22.9 Å². The average molecular weight is 479 g/mol. The van der Waals surface area contributed by atoms with E-state index >= 15 is 0 Å². The Morgan fingerprint density at radius 2 is 1.82 bits per heavy atom. The van der Waals surface area contributed by atoms with Crippen LogP contribution in [-0.4, -0.2) is 24.9 Å². The number of fused-ring (bicyclic) bond motifs is 2. The van der Waals surface area contributed by atoms with Crippen LogP contribution in [0.1, 0.15) is 25.6 Å². The van der Waals surface area contributed by atoms with Gasteiger partial charge in [0.1, 0.15) is 10.6 Å². The van der Waals surface area contributed by atoms with Crippen molar-refractivity contribution in [3.8, 4) is 17.2 Å². The van der Waals surface area contributed by atoms with Gasteiger partial charge in [-0.05, 0) is 36.4 Å². The standard InChI is InChI=1S/C24H15ClN2O5S/c25-21-16-6-2-4-8-20(16)33-22(21)24(29)32-17-7-3-1-5-15(17)12-26-27-23(28)14-9-10-18-19(11-14)31-13-30-18/h1-12H,13H2,(H,27,28)/b26-12+. The minimum atomic E-state index is -0.563. The molecule has 1 aliphatic rings. The number of esters is 1. The van der Waals surface area contributed by atoms with Crippen molar-refractivity contribution in [2.75, 3.05) is 6.79 Å². The first-order valence-corrected chi connectivity index (χ1v) is 11.0. The second kappa shape index (κ2) is 8.93. The molecule has 0 fully saturated rings. The van der Waals surface area contributed by atoms with E-state index in [0.29, 0.717) is 32.5 Å². The fraction of sp³-hybridized carbons (Fsp3) is 0.0417. The molecule has 5 rings (SSSR count). The average Bonchev–Trinajstić information content (AvgIpc) is 3.44. The number of hydrogen-bond donors (Lipinski definition) is 1. The van der Waals surface area contributed by atoms with Crippen LogP contribution in [-0.2, 0) is 0 Å². The third kappa shape index (κ3) is 4.26. The smallest absolute Gasteiger partial charge is 0.355 e. The van der Waals surface area contributed by atoms with E-state index < -0.39 is 11.9 Å². The number of thiophene rings is 1. The van der Waals surface area contributed by atoms with Gasteiger partial charge >= 0.3 is 5.97 Å². The van der Waals surface area contributed by atoms with E-state index in [2.05, 4.69) is 10.5 Å². The molecule has 9 heteroatoms. The van der Waals surface area contributed by atoms with E-state index in [0.717, 1.165) is 10.1 Å². The maximum Gasteiger partial charge on any atom is 0.355 e. The van der Waals surface area contributed by atoms with Crippen LogP contribution in [0.4, 0.5) is 0 Å². The number of nitrogens with one attached hydrogen (secondary N) is 1. The molecule has 164 valence electrons. The molecule has 0 bridgehead atoms. The number of para-hydroxylation sites is 1. The maximum absolute atomic E-state index is 12.8. The zero-order chi connectivity index (χ0) is 22.8. The first-order valence-electron chi connectivity index (χ1n) is 9.81. The highest BCUT2D eigenvalue weighted by atomic mass is 35.5. The van der Waals surface area contributed by atoms with Crippen LogP contribution in [0, 0.1) is 0 Å². The molecule has 0 saturated heterocycles. The van der Waals surface area contributed by atoms with Gasteiger partial charge in [-0.3, -0.25) is 4.79 Å². The van der Waals surface area contributed by atoms with Gasteiger partial charge in [0.05, 0.1) is 11.2 Å². The minimum absolute atomic E-state index is 0.126. The summed E-state index contributed by atoms with van der Waals surface area (Å²) in [6, 6.07) is 19.2. The summed E-state index contributed by atoms with van der Waals surface area (Å²) in [5.41, 5.74) is 3.33. The largest absolute Gasteiger partial charge is 0.454 e. The molecule has 0 unspecified atom stereocenters. The second-order valence-electron chi connectivity index (χ2n) is 6.94. The number of ether oxygens (including phenoxy) is 3. The Bertz CT molecular complexity index is 1420. The van der Waals surface area contributed by atoms with Gasteiger partial charge in [-0.2, -0.15) is 5.10 Å². The summed E-state index contributed by atoms with van der Waals surface area (Å²) in [7, 11) is 0. The summed E-state index contributed by atoms with van der Waals surface area (Å²) in [5.74, 6) is 0.396. The van der Waals surface area contributed by atoms with Crippen molar-refractivity contribution in [2.45, 2.75) is 0 Å². The molecule has 7 nitrogen and oxygen atoms in total. The minimum Gasteiger partial charge on any atom is -0.454 e. The molecular weight excluding hydrogens is 464 g/mol. The predicted octanol–water partition coefficient (Wildman–Crippen LogP) is 5.27. The highest BCUT2D eigenvalue weighted by Crippen LogP contribution is 2.36. The van der Waals surface area contributed by atoms with Crippen LogP contribution in [0.25, 0.3) is 10.1 Å². The number of amides is 1. The number of rotatable bonds is 5. The molecule has 0 spiro atoms. The molecule has 4 aromatic rings. The number of carbonyl (C=O) groups is 2. The van der Waals surface area contributed by atoms with Gasteiger partial charge in [-0.15, -0.1) is 11.3 Å². The van der Waals surface area contributed by atoms with Crippen LogP contribution in [0.2, 0.25) is 5.02 Å². The molecule has 0 atom stereocenters. The van der Waals surface area contributed by atoms with Gasteiger partial charge in [0.15, 0.2) is 11.5 Å². The molecule has 1 N–H and O–H groups in total. The van der Waals surface area contributed by atoms with Crippen LogP contribution < -0.4 is 19.6 Å². The monoisotopic (exact) mass is 478 g/mol. The highest BCUT2D eigenvalue weighted by Gasteiger charge is 2.20. The lowest BCUT2D eigenvalue weighted by Gasteiger charge is -2.06. The van der Waals surface area contributed by atoms with Gasteiger partial charge in [-0.25, -0.2) is 10.2 Å². The Labute approximate surface area is 197 Å². The third-order valence-electron chi connectivity index (χ3n) is 4.85. The quantitative estimate of drug-likeness (QED) is 0.183. The topological polar surface area (TPSA) is 86.2 Å². The predicted molar refractivity (Wildman–Crippen MR) is 126 cm³/mol. The first kappa shape index (κ1) is 21.0. The number of carbonyl (C=O) groups excluding carboxylic acids is 2. The van der Waals surface area contributed by atoms with Crippen LogP contribution in [0.15, 0.2) is 71.8 Å². The SMILES string of the molecule is O=C(N/N=C/c1ccccc1OC(=O)c1sc2ccccc2c1Cl)c1ccc2c(c1)OCO2. The molecule has 0 radical (unpaired) electrons. The Hall–Kier alpha value is -3.88. The van der Waals surface area contributed by atoms with E-state index in [-0.39, 0.29) is 12.5 Å². The molecule has 1 aliphatic heterocycles. The van der Waals surface area contributed by atoms with E-state index in [1.807, 2.05) is 24.3 Å². The van der Waals surface area contributed by atoms with Crippen molar-refractivity contribution < 1.29 is 23.8 Å². The molecule has 2 heterocycles. The summed E-state index contributed by atoms with van der Waals surface area (Å²) in [4.78, 5) is 25.5. The normalized spacial score (nSPS) is 12.3. The van der Waals surface area contributed by atoms with Crippen LogP contribution in [0.3, 0.4) is 0 Å². The lowest BCUT2D eigenvalue weighted by atomic mass is 10.2. The fourth-order valence-corrected chi connectivity index (χ4v) is 4.62. The van der Waals surface area contributed by atoms with E-state index in [1.54, 1.807) is 42.5 Å². The number of halogens is 1. The Morgan fingerprint density at radius 3 is 2.70 bits per heavy atom. The van der Waals surface area contributed by atoms with E-state index in [4.69, 9.17) is 25.8 Å². The maximum atomic E-state index is 12.8. The highest BCUT2D eigenvalue weighted by molar-refractivity contribution is 7.21. The first-order chi connectivity index (χ1) is 16.1. The van der Waals surface area contributed by atoms with E-state index in [1.165, 1.54) is 17.6 Å². The van der Waals surface area contributed by atoms with Gasteiger partial charge in [0.25, 0.3) is 5.91 Å². The molecule has 1 aromatic heterocycles. The zero-order valence-electron chi connectivity index (χ0n) is 16.9. The Balaban J connectivity index is 1.30. The second-order valence-corrected chi connectivity index (χ2v) is 8.37. The zero-order valence-corrected chi connectivity index (χ0v) is 18.5. The lowest BCUT2D eigenvalue weighted by Crippen LogP contribution is -2.17. The summed E-state index contributed by atoms with van der Waals surface area (Å²) in [6.07, 6.45) is 1.40. The molecular formula is C24H15ClN2O5S. The number of nitrogens with zero attached hydrogens (tertiary/aromatic N) is 1. The summed E-state index contributed by atoms with van der Waals surface area (Å²) in [5, 5.41) is 5.16. The van der Waals surface area contributed by atoms with Crippen molar-refractivity contribution in [1.82, 2.24) is 5.43 Å². The number of hydrazone groups is 1. The van der Waals surface area contributed by atoms with Crippen molar-refractivity contribution >= 4 is 51.1 Å². The van der Waals surface area contributed by atoms with E-state index in [9.17, 15) is 9.59 Å². The number of benzene rings is 3. The third-order valence-corrected chi connectivity index (χ3v) is 6.50. The summed E-state index contributed by atoms with van der Waals surface area (Å²) in [6.45, 7) is 0.126. The van der Waals surface area contributed by atoms with Crippen molar-refractivity contribution in [3.63, 3.8) is 0 Å². The summed E-state index contributed by atoms with van der Waals surface area (Å²) < 4.78 is 17.0. The lowest BCUT2D eigenvalue weighted by molar-refractivity contribution is 0.0739. The van der Waals surface area contributed by atoms with Crippen molar-refractivity contribution in [2.24, 2.45) is 5.10 Å². The summed E-state index contributed by atoms with van der Waals surface area (Å²) >= 11 is 7.66.